The van der Waals surface area contributed by atoms with E-state index in [0.29, 0.717) is 33.8 Å². The van der Waals surface area contributed by atoms with Crippen LogP contribution in [-0.4, -0.2) is 46.5 Å². The fourth-order valence-electron chi connectivity index (χ4n) is 4.77. The van der Waals surface area contributed by atoms with Crippen molar-refractivity contribution in [2.75, 3.05) is 20.8 Å². The Morgan fingerprint density at radius 1 is 0.952 bits per heavy atom. The largest absolute Gasteiger partial charge is 0.497 e. The van der Waals surface area contributed by atoms with Gasteiger partial charge in [-0.2, -0.15) is 5.10 Å². The molecule has 0 spiro atoms. The lowest BCUT2D eigenvalue weighted by atomic mass is 10.1. The summed E-state index contributed by atoms with van der Waals surface area (Å²) in [5.41, 5.74) is 5.56. The van der Waals surface area contributed by atoms with Crippen molar-refractivity contribution in [2.24, 2.45) is 0 Å². The molecule has 216 valence electrons. The van der Waals surface area contributed by atoms with E-state index in [2.05, 4.69) is 12.1 Å². The third-order valence-electron chi connectivity index (χ3n) is 6.95. The second kappa shape index (κ2) is 13.7. The molecule has 0 aliphatic heterocycles. The van der Waals surface area contributed by atoms with E-state index in [1.807, 2.05) is 71.5 Å². The molecule has 0 aliphatic carbocycles. The van der Waals surface area contributed by atoms with E-state index in [9.17, 15) is 9.90 Å². The van der Waals surface area contributed by atoms with Crippen molar-refractivity contribution in [1.82, 2.24) is 14.7 Å². The number of carbonyl (C=O) groups is 1. The predicted molar refractivity (Wildman–Crippen MR) is 167 cm³/mol. The number of hydrogen-bond acceptors (Lipinski definition) is 6. The topological polar surface area (TPSA) is 76.8 Å². The van der Waals surface area contributed by atoms with Gasteiger partial charge in [-0.3, -0.25) is 4.79 Å². The number of hydrogen-bond donors (Lipinski definition) is 1. The van der Waals surface area contributed by atoms with Crippen LogP contribution in [-0.2, 0) is 19.5 Å². The molecule has 2 aromatic heterocycles. The van der Waals surface area contributed by atoms with Crippen LogP contribution in [0.2, 0.25) is 4.34 Å². The first kappa shape index (κ1) is 29.4. The molecule has 0 bridgehead atoms. The van der Waals surface area contributed by atoms with Crippen molar-refractivity contribution in [2.45, 2.75) is 25.9 Å². The van der Waals surface area contributed by atoms with Crippen LogP contribution in [0.4, 0.5) is 0 Å². The first-order valence-corrected chi connectivity index (χ1v) is 14.8. The lowest BCUT2D eigenvalue weighted by Crippen LogP contribution is -2.29. The van der Waals surface area contributed by atoms with E-state index in [1.165, 1.54) is 11.3 Å². The van der Waals surface area contributed by atoms with Crippen LogP contribution in [0, 0.1) is 0 Å². The zero-order chi connectivity index (χ0) is 29.5. The van der Waals surface area contributed by atoms with Crippen LogP contribution in [0.1, 0.15) is 32.8 Å². The van der Waals surface area contributed by atoms with Gasteiger partial charge in [-0.25, -0.2) is 4.68 Å². The quantitative estimate of drug-likeness (QED) is 0.166. The average molecular weight is 602 g/mol. The number of aliphatic hydroxyl groups excluding tert-OH is 1. The number of aryl methyl sites for hydroxylation is 1. The first-order valence-electron chi connectivity index (χ1n) is 13.6. The molecule has 5 aromatic rings. The number of carbonyl (C=O) groups excluding carboxylic acids is 1. The Bertz CT molecular complexity index is 1630. The molecule has 2 heterocycles. The summed E-state index contributed by atoms with van der Waals surface area (Å²) in [5.74, 6) is 1.18. The summed E-state index contributed by atoms with van der Waals surface area (Å²) in [4.78, 5) is 16.3. The van der Waals surface area contributed by atoms with Gasteiger partial charge >= 0.3 is 0 Å². The van der Waals surface area contributed by atoms with Crippen LogP contribution < -0.4 is 9.47 Å². The van der Waals surface area contributed by atoms with E-state index in [0.717, 1.165) is 46.5 Å². The zero-order valence-electron chi connectivity index (χ0n) is 23.5. The molecule has 42 heavy (non-hydrogen) atoms. The van der Waals surface area contributed by atoms with Gasteiger partial charge in [0.1, 0.15) is 11.5 Å². The van der Waals surface area contributed by atoms with Crippen LogP contribution >= 0.6 is 22.9 Å². The smallest absolute Gasteiger partial charge is 0.264 e. The van der Waals surface area contributed by atoms with Gasteiger partial charge in [0, 0.05) is 35.6 Å². The number of ether oxygens (including phenoxy) is 2. The molecule has 0 saturated heterocycles. The van der Waals surface area contributed by atoms with Crippen LogP contribution in [0.3, 0.4) is 0 Å². The summed E-state index contributed by atoms with van der Waals surface area (Å²) >= 11 is 7.47. The van der Waals surface area contributed by atoms with Crippen molar-refractivity contribution in [1.29, 1.82) is 0 Å². The van der Waals surface area contributed by atoms with E-state index in [-0.39, 0.29) is 12.5 Å². The number of benzene rings is 3. The van der Waals surface area contributed by atoms with Gasteiger partial charge in [-0.1, -0.05) is 54.1 Å². The van der Waals surface area contributed by atoms with E-state index in [4.69, 9.17) is 26.2 Å². The molecule has 9 heteroatoms. The number of halogens is 1. The van der Waals surface area contributed by atoms with Crippen LogP contribution in [0.15, 0.2) is 91.1 Å². The minimum atomic E-state index is -0.134. The maximum atomic E-state index is 13.9. The predicted octanol–water partition coefficient (Wildman–Crippen LogP) is 7.04. The van der Waals surface area contributed by atoms with Gasteiger partial charge in [0.25, 0.3) is 5.91 Å². The SMILES string of the molecule is COc1ccc(CN(Cc2cn(-c3ccc(CCCO)cc3)nc2-c2ccccc2)C(=O)c2ccc(Cl)s2)c(OC)c1. The number of nitrogens with zero attached hydrogens (tertiary/aromatic N) is 3. The lowest BCUT2D eigenvalue weighted by Gasteiger charge is -2.23. The summed E-state index contributed by atoms with van der Waals surface area (Å²) in [6.07, 6.45) is 3.52. The van der Waals surface area contributed by atoms with Gasteiger partial charge in [0.2, 0.25) is 0 Å². The van der Waals surface area contributed by atoms with Gasteiger partial charge in [0.05, 0.1) is 47.9 Å². The Hall–Kier alpha value is -4.11. The summed E-state index contributed by atoms with van der Waals surface area (Å²) in [7, 11) is 3.21. The number of aliphatic hydroxyl groups is 1. The van der Waals surface area contributed by atoms with Crippen LogP contribution in [0.5, 0.6) is 11.5 Å². The minimum absolute atomic E-state index is 0.134. The monoisotopic (exact) mass is 601 g/mol. The lowest BCUT2D eigenvalue weighted by molar-refractivity contribution is 0.0734. The highest BCUT2D eigenvalue weighted by Gasteiger charge is 2.23. The standard InChI is InChI=1S/C33H32ClN3O4S/c1-40-28-15-12-25(29(19-28)41-2)20-36(33(39)30-16-17-31(34)42-30)21-26-22-37(35-32(26)24-8-4-3-5-9-24)27-13-10-23(11-14-27)7-6-18-38/h3-5,8-17,19,22,38H,6-7,18,20-21H2,1-2H3. The summed E-state index contributed by atoms with van der Waals surface area (Å²) in [6, 6.07) is 27.2. The van der Waals surface area contributed by atoms with Crippen molar-refractivity contribution in [3.05, 3.63) is 117 Å². The maximum Gasteiger partial charge on any atom is 0.264 e. The molecule has 3 aromatic carbocycles. The second-order valence-electron chi connectivity index (χ2n) is 9.75. The van der Waals surface area contributed by atoms with Crippen LogP contribution in [0.25, 0.3) is 16.9 Å². The Morgan fingerprint density at radius 2 is 1.71 bits per heavy atom. The minimum Gasteiger partial charge on any atom is -0.497 e. The average Bonchev–Trinajstić information content (AvgIpc) is 3.66. The molecule has 0 atom stereocenters. The summed E-state index contributed by atoms with van der Waals surface area (Å²) in [6.45, 7) is 0.781. The number of methoxy groups -OCH3 is 2. The highest BCUT2D eigenvalue weighted by Crippen LogP contribution is 2.31. The number of rotatable bonds is 12. The Kier molecular flexibility index (Phi) is 9.59. The summed E-state index contributed by atoms with van der Waals surface area (Å²) < 4.78 is 13.4. The number of thiophene rings is 1. The fraction of sp³-hybridized carbons (Fsp3) is 0.212. The maximum absolute atomic E-state index is 13.9. The Balaban J connectivity index is 1.54. The number of aromatic nitrogens is 2. The molecular formula is C33H32ClN3O4S. The molecule has 5 rings (SSSR count). The zero-order valence-corrected chi connectivity index (χ0v) is 25.1. The third kappa shape index (κ3) is 6.85. The fourth-order valence-corrected chi connectivity index (χ4v) is 5.78. The molecule has 0 fully saturated rings. The van der Waals surface area contributed by atoms with E-state index < -0.39 is 0 Å². The first-order chi connectivity index (χ1) is 20.5. The van der Waals surface area contributed by atoms with Gasteiger partial charge < -0.3 is 19.5 Å². The highest BCUT2D eigenvalue weighted by molar-refractivity contribution is 7.17. The summed E-state index contributed by atoms with van der Waals surface area (Å²) in [5, 5.41) is 14.1. The molecule has 0 radical (unpaired) electrons. The normalized spacial score (nSPS) is 11.0. The Labute approximate surface area is 254 Å². The van der Waals surface area contributed by atoms with Gasteiger partial charge in [0.15, 0.2) is 0 Å². The molecule has 0 unspecified atom stereocenters. The molecule has 0 aliphatic rings. The number of amides is 1. The second-order valence-corrected chi connectivity index (χ2v) is 11.5. The van der Waals surface area contributed by atoms with Gasteiger partial charge in [-0.15, -0.1) is 11.3 Å². The van der Waals surface area contributed by atoms with Crippen molar-refractivity contribution in [3.63, 3.8) is 0 Å². The van der Waals surface area contributed by atoms with Gasteiger partial charge in [-0.05, 0) is 54.8 Å². The highest BCUT2D eigenvalue weighted by atomic mass is 35.5. The van der Waals surface area contributed by atoms with E-state index in [1.54, 1.807) is 31.3 Å². The molecule has 0 saturated carbocycles. The molecular weight excluding hydrogens is 570 g/mol. The third-order valence-corrected chi connectivity index (χ3v) is 8.17. The molecule has 7 nitrogen and oxygen atoms in total. The molecule has 1 amide bonds. The van der Waals surface area contributed by atoms with Crippen molar-refractivity contribution in [3.8, 4) is 28.4 Å². The molecule has 1 N–H and O–H groups in total. The Morgan fingerprint density at radius 3 is 2.38 bits per heavy atom. The van der Waals surface area contributed by atoms with Crippen molar-refractivity contribution >= 4 is 28.8 Å². The van der Waals surface area contributed by atoms with E-state index >= 15 is 0 Å². The van der Waals surface area contributed by atoms with Crippen molar-refractivity contribution < 1.29 is 19.4 Å².